The number of nitrogens with zero attached hydrogens (tertiary/aromatic N) is 4. The van der Waals surface area contributed by atoms with Crippen LogP contribution in [0, 0.1) is 67.5 Å². The number of methoxy groups -OCH3 is 1. The first-order valence-electron chi connectivity index (χ1n) is 5.97. The molecule has 20 heavy (non-hydrogen) atoms. The minimum Gasteiger partial charge on any atom is -0.468 e. The third-order valence-corrected chi connectivity index (χ3v) is 4.52. The highest BCUT2D eigenvalue weighted by Gasteiger charge is 2.75. The molecular formula is C14H10N4O2. The maximum Gasteiger partial charge on any atom is 0.318 e. The molecule has 0 unspecified atom stereocenters. The van der Waals surface area contributed by atoms with Gasteiger partial charge in [-0.25, -0.2) is 0 Å². The molecule has 0 aromatic carbocycles. The standard InChI is InChI=1S/C14H10N4O2/c1-20-11(19)12-4-2-10(3-5-12)13(6-15,7-16)14(12,8-17)9-18/h2,4,10H,3,5H2,1H3/t10-,12-/m1/s1. The molecule has 0 aromatic rings. The van der Waals surface area contributed by atoms with Crippen molar-refractivity contribution in [3.63, 3.8) is 0 Å². The summed E-state index contributed by atoms with van der Waals surface area (Å²) in [7, 11) is 1.16. The number of nitriles is 4. The number of fused-ring (bicyclic) bond motifs is 2. The van der Waals surface area contributed by atoms with Crippen LogP contribution < -0.4 is 0 Å². The van der Waals surface area contributed by atoms with Crippen LogP contribution in [0.25, 0.3) is 0 Å². The van der Waals surface area contributed by atoms with Crippen LogP contribution in [-0.4, -0.2) is 13.1 Å². The van der Waals surface area contributed by atoms with Gasteiger partial charge < -0.3 is 4.74 Å². The Hall–Kier alpha value is -2.83. The molecule has 0 amide bonds. The Morgan fingerprint density at radius 1 is 1.20 bits per heavy atom. The molecule has 6 heteroatoms. The lowest BCUT2D eigenvalue weighted by Crippen LogP contribution is -2.62. The number of rotatable bonds is 1. The molecule has 2 atom stereocenters. The van der Waals surface area contributed by atoms with Crippen molar-refractivity contribution in [2.45, 2.75) is 12.8 Å². The van der Waals surface area contributed by atoms with Gasteiger partial charge in [-0.05, 0) is 12.8 Å². The molecule has 98 valence electrons. The molecule has 1 fully saturated rings. The summed E-state index contributed by atoms with van der Waals surface area (Å²) < 4.78 is 4.74. The molecule has 0 heterocycles. The van der Waals surface area contributed by atoms with Crippen molar-refractivity contribution in [1.82, 2.24) is 0 Å². The lowest BCUT2D eigenvalue weighted by Gasteiger charge is -2.53. The molecular weight excluding hydrogens is 256 g/mol. The van der Waals surface area contributed by atoms with Crippen molar-refractivity contribution in [2.24, 2.45) is 22.2 Å². The molecule has 0 saturated heterocycles. The number of carbonyl (C=O) groups excluding carboxylic acids is 1. The van der Waals surface area contributed by atoms with Gasteiger partial charge in [-0.3, -0.25) is 4.79 Å². The molecule has 3 rings (SSSR count). The Balaban J connectivity index is 2.89. The van der Waals surface area contributed by atoms with Gasteiger partial charge in [0, 0.05) is 5.92 Å². The minimum absolute atomic E-state index is 0.215. The molecule has 0 aliphatic heterocycles. The molecule has 2 bridgehead atoms. The average molecular weight is 266 g/mol. The topological polar surface area (TPSA) is 121 Å². The van der Waals surface area contributed by atoms with Gasteiger partial charge in [-0.1, -0.05) is 12.2 Å². The number of ether oxygens (including phenoxy) is 1. The molecule has 0 aromatic heterocycles. The van der Waals surface area contributed by atoms with Crippen molar-refractivity contribution < 1.29 is 9.53 Å². The number of hydrogen-bond acceptors (Lipinski definition) is 6. The fourth-order valence-corrected chi connectivity index (χ4v) is 3.41. The number of carbonyl (C=O) groups is 1. The largest absolute Gasteiger partial charge is 0.468 e. The highest BCUT2D eigenvalue weighted by atomic mass is 16.5. The second kappa shape index (κ2) is 4.09. The van der Waals surface area contributed by atoms with Gasteiger partial charge in [-0.15, -0.1) is 0 Å². The van der Waals surface area contributed by atoms with Gasteiger partial charge in [0.1, 0.15) is 5.41 Å². The van der Waals surface area contributed by atoms with E-state index in [-0.39, 0.29) is 6.42 Å². The predicted molar refractivity (Wildman–Crippen MR) is 63.6 cm³/mol. The van der Waals surface area contributed by atoms with Crippen molar-refractivity contribution in [1.29, 1.82) is 21.0 Å². The van der Waals surface area contributed by atoms with Crippen molar-refractivity contribution in [3.05, 3.63) is 12.2 Å². The Morgan fingerprint density at radius 3 is 2.15 bits per heavy atom. The maximum absolute atomic E-state index is 12.2. The highest BCUT2D eigenvalue weighted by Crippen LogP contribution is 2.66. The first-order valence-corrected chi connectivity index (χ1v) is 5.97. The molecule has 3 aliphatic carbocycles. The first kappa shape index (κ1) is 13.6. The highest BCUT2D eigenvalue weighted by molar-refractivity contribution is 5.84. The molecule has 0 radical (unpaired) electrons. The van der Waals surface area contributed by atoms with E-state index in [1.807, 2.05) is 12.1 Å². The summed E-state index contributed by atoms with van der Waals surface area (Å²) >= 11 is 0. The Labute approximate surface area is 116 Å². The van der Waals surface area contributed by atoms with Gasteiger partial charge in [-0.2, -0.15) is 21.0 Å². The Kier molecular flexibility index (Phi) is 2.78. The third kappa shape index (κ3) is 1.08. The molecule has 1 saturated carbocycles. The molecule has 0 N–H and O–H groups in total. The average Bonchev–Trinajstić information content (AvgIpc) is 2.53. The number of allylic oxidation sites excluding steroid dienone is 1. The summed E-state index contributed by atoms with van der Waals surface area (Å²) in [6.07, 6.45) is 3.65. The quantitative estimate of drug-likeness (QED) is 0.519. The summed E-state index contributed by atoms with van der Waals surface area (Å²) in [6, 6.07) is 7.24. The van der Waals surface area contributed by atoms with Crippen LogP contribution in [0.5, 0.6) is 0 Å². The fraction of sp³-hybridized carbons (Fsp3) is 0.500. The summed E-state index contributed by atoms with van der Waals surface area (Å²) in [5.41, 5.74) is -5.49. The summed E-state index contributed by atoms with van der Waals surface area (Å²) in [5.74, 6) is -1.30. The zero-order valence-corrected chi connectivity index (χ0v) is 10.8. The van der Waals surface area contributed by atoms with E-state index in [9.17, 15) is 25.8 Å². The van der Waals surface area contributed by atoms with Crippen LogP contribution in [0.4, 0.5) is 0 Å². The maximum atomic E-state index is 12.2. The number of hydrogen-bond donors (Lipinski definition) is 0. The second-order valence-corrected chi connectivity index (χ2v) is 4.97. The van der Waals surface area contributed by atoms with E-state index in [4.69, 9.17) is 4.74 Å². The van der Waals surface area contributed by atoms with E-state index in [1.54, 1.807) is 18.2 Å². The Morgan fingerprint density at radius 2 is 1.80 bits per heavy atom. The lowest BCUT2D eigenvalue weighted by molar-refractivity contribution is -0.161. The van der Waals surface area contributed by atoms with Crippen LogP contribution in [0.3, 0.4) is 0 Å². The van der Waals surface area contributed by atoms with E-state index in [0.29, 0.717) is 6.42 Å². The monoisotopic (exact) mass is 266 g/mol. The zero-order valence-electron chi connectivity index (χ0n) is 10.8. The third-order valence-electron chi connectivity index (χ3n) is 4.52. The predicted octanol–water partition coefficient (Wildman–Crippen LogP) is 1.19. The normalized spacial score (nSPS) is 31.1. The minimum atomic E-state index is -2.06. The second-order valence-electron chi connectivity index (χ2n) is 4.97. The van der Waals surface area contributed by atoms with Crippen molar-refractivity contribution in [3.8, 4) is 24.3 Å². The van der Waals surface area contributed by atoms with Gasteiger partial charge in [0.2, 0.25) is 0 Å². The van der Waals surface area contributed by atoms with Gasteiger partial charge in [0.25, 0.3) is 0 Å². The van der Waals surface area contributed by atoms with Crippen LogP contribution in [0.1, 0.15) is 12.8 Å². The lowest BCUT2D eigenvalue weighted by atomic mass is 9.40. The molecule has 0 spiro atoms. The zero-order chi connectivity index (χ0) is 15.0. The summed E-state index contributed by atoms with van der Waals surface area (Å²) in [5, 5.41) is 38.0. The van der Waals surface area contributed by atoms with E-state index < -0.39 is 28.1 Å². The summed E-state index contributed by atoms with van der Waals surface area (Å²) in [6.45, 7) is 0. The van der Waals surface area contributed by atoms with Crippen molar-refractivity contribution in [2.75, 3.05) is 7.11 Å². The van der Waals surface area contributed by atoms with Crippen LogP contribution in [0.15, 0.2) is 12.2 Å². The van der Waals surface area contributed by atoms with E-state index >= 15 is 0 Å². The van der Waals surface area contributed by atoms with E-state index in [0.717, 1.165) is 7.11 Å². The van der Waals surface area contributed by atoms with Gasteiger partial charge >= 0.3 is 5.97 Å². The van der Waals surface area contributed by atoms with Gasteiger partial charge in [0.05, 0.1) is 31.4 Å². The first-order chi connectivity index (χ1) is 9.54. The van der Waals surface area contributed by atoms with Crippen LogP contribution >= 0.6 is 0 Å². The SMILES string of the molecule is COC(=O)[C@@]12C=C[C@H](CC1)C(C#N)(C#N)C2(C#N)C#N. The van der Waals surface area contributed by atoms with Crippen molar-refractivity contribution >= 4 is 5.97 Å². The number of esters is 1. The van der Waals surface area contributed by atoms with Gasteiger partial charge in [0.15, 0.2) is 10.8 Å². The van der Waals surface area contributed by atoms with Crippen LogP contribution in [0.2, 0.25) is 0 Å². The summed E-state index contributed by atoms with van der Waals surface area (Å²) in [4.78, 5) is 12.2. The van der Waals surface area contributed by atoms with E-state index in [2.05, 4.69) is 0 Å². The van der Waals surface area contributed by atoms with E-state index in [1.165, 1.54) is 6.08 Å². The Bertz CT molecular complexity index is 639. The smallest absolute Gasteiger partial charge is 0.318 e. The molecule has 3 aliphatic rings. The molecule has 6 nitrogen and oxygen atoms in total. The van der Waals surface area contributed by atoms with Crippen LogP contribution in [-0.2, 0) is 9.53 Å². The fourth-order valence-electron chi connectivity index (χ4n) is 3.41.